The van der Waals surface area contributed by atoms with Gasteiger partial charge in [0.25, 0.3) is 0 Å². The minimum absolute atomic E-state index is 0.282. The molecule has 1 saturated carbocycles. The quantitative estimate of drug-likeness (QED) is 0.873. The molecule has 0 aromatic carbocycles. The highest BCUT2D eigenvalue weighted by atomic mass is 16.5. The van der Waals surface area contributed by atoms with Crippen LogP contribution >= 0.6 is 0 Å². The van der Waals surface area contributed by atoms with E-state index in [0.29, 0.717) is 6.04 Å². The first-order valence-electron chi connectivity index (χ1n) is 7.00. The Balaban J connectivity index is 0.000000509. The SMILES string of the molecule is CC.CCC.Cc1ccnc(OC2CC(N)C2)c1. The molecule has 0 atom stereocenters. The van der Waals surface area contributed by atoms with E-state index in [-0.39, 0.29) is 6.10 Å². The lowest BCUT2D eigenvalue weighted by atomic mass is 9.90. The fourth-order valence-corrected chi connectivity index (χ4v) is 1.45. The van der Waals surface area contributed by atoms with Gasteiger partial charge in [0.05, 0.1) is 0 Å². The molecule has 0 amide bonds. The molecule has 0 aliphatic heterocycles. The molecule has 3 heteroatoms. The van der Waals surface area contributed by atoms with Crippen molar-refractivity contribution >= 4 is 0 Å². The minimum atomic E-state index is 0.282. The van der Waals surface area contributed by atoms with Gasteiger partial charge < -0.3 is 10.5 Å². The van der Waals surface area contributed by atoms with Crippen molar-refractivity contribution in [3.05, 3.63) is 23.9 Å². The molecule has 1 aromatic heterocycles. The second-order valence-corrected chi connectivity index (χ2v) is 4.35. The van der Waals surface area contributed by atoms with Crippen LogP contribution < -0.4 is 10.5 Å². The summed E-state index contributed by atoms with van der Waals surface area (Å²) >= 11 is 0. The molecular formula is C15H28N2O. The summed E-state index contributed by atoms with van der Waals surface area (Å²) in [5.74, 6) is 0.719. The van der Waals surface area contributed by atoms with Gasteiger partial charge in [0.15, 0.2) is 0 Å². The Morgan fingerprint density at radius 2 is 1.89 bits per heavy atom. The Morgan fingerprint density at radius 3 is 2.33 bits per heavy atom. The van der Waals surface area contributed by atoms with Crippen LogP contribution in [0, 0.1) is 6.92 Å². The second-order valence-electron chi connectivity index (χ2n) is 4.35. The average molecular weight is 252 g/mol. The van der Waals surface area contributed by atoms with Gasteiger partial charge in [0, 0.05) is 18.3 Å². The lowest BCUT2D eigenvalue weighted by molar-refractivity contribution is 0.0958. The van der Waals surface area contributed by atoms with Crippen LogP contribution in [0.3, 0.4) is 0 Å². The van der Waals surface area contributed by atoms with Crippen LogP contribution in [0.25, 0.3) is 0 Å². The van der Waals surface area contributed by atoms with Crippen LogP contribution in [0.1, 0.15) is 52.5 Å². The van der Waals surface area contributed by atoms with Crippen LogP contribution in [-0.4, -0.2) is 17.1 Å². The van der Waals surface area contributed by atoms with E-state index in [4.69, 9.17) is 10.5 Å². The minimum Gasteiger partial charge on any atom is -0.474 e. The standard InChI is InChI=1S/C10H14N2O.C3H8.C2H6/c1-7-2-3-12-10(4-7)13-9-5-8(11)6-9;1-3-2;1-2/h2-4,8-9H,5-6,11H2,1H3;3H2,1-2H3;1-2H3. The van der Waals surface area contributed by atoms with Crippen molar-refractivity contribution in [3.8, 4) is 5.88 Å². The van der Waals surface area contributed by atoms with Crippen LogP contribution in [-0.2, 0) is 0 Å². The predicted octanol–water partition coefficient (Wildman–Crippen LogP) is 3.70. The molecule has 0 spiro atoms. The summed E-state index contributed by atoms with van der Waals surface area (Å²) in [7, 11) is 0. The van der Waals surface area contributed by atoms with E-state index < -0.39 is 0 Å². The molecule has 1 heterocycles. The highest BCUT2D eigenvalue weighted by molar-refractivity contribution is 5.19. The van der Waals surface area contributed by atoms with Crippen molar-refractivity contribution < 1.29 is 4.74 Å². The molecule has 104 valence electrons. The summed E-state index contributed by atoms with van der Waals surface area (Å²) in [6, 6.07) is 4.23. The van der Waals surface area contributed by atoms with E-state index in [2.05, 4.69) is 18.8 Å². The Kier molecular flexibility index (Phi) is 9.29. The molecular weight excluding hydrogens is 224 g/mol. The summed E-state index contributed by atoms with van der Waals surface area (Å²) in [5.41, 5.74) is 6.83. The zero-order chi connectivity index (χ0) is 14.0. The number of nitrogens with zero attached hydrogens (tertiary/aromatic N) is 1. The van der Waals surface area contributed by atoms with Gasteiger partial charge in [-0.2, -0.15) is 0 Å². The van der Waals surface area contributed by atoms with Gasteiger partial charge >= 0.3 is 0 Å². The van der Waals surface area contributed by atoms with E-state index in [9.17, 15) is 0 Å². The lowest BCUT2D eigenvalue weighted by Crippen LogP contribution is -2.43. The number of hydrogen-bond acceptors (Lipinski definition) is 3. The number of ether oxygens (including phenoxy) is 1. The molecule has 1 fully saturated rings. The molecule has 3 nitrogen and oxygen atoms in total. The molecule has 1 aliphatic carbocycles. The molecule has 0 radical (unpaired) electrons. The fourth-order valence-electron chi connectivity index (χ4n) is 1.45. The topological polar surface area (TPSA) is 48.1 Å². The molecule has 2 rings (SSSR count). The van der Waals surface area contributed by atoms with Gasteiger partial charge in [0.1, 0.15) is 6.10 Å². The van der Waals surface area contributed by atoms with Gasteiger partial charge in [-0.25, -0.2) is 4.98 Å². The molecule has 18 heavy (non-hydrogen) atoms. The van der Waals surface area contributed by atoms with Gasteiger partial charge in [-0.05, 0) is 31.4 Å². The molecule has 0 bridgehead atoms. The molecule has 2 N–H and O–H groups in total. The van der Waals surface area contributed by atoms with Crippen molar-refractivity contribution in [1.29, 1.82) is 0 Å². The van der Waals surface area contributed by atoms with Crippen LogP contribution in [0.2, 0.25) is 0 Å². The Hall–Kier alpha value is -1.09. The van der Waals surface area contributed by atoms with Crippen molar-refractivity contribution in [3.63, 3.8) is 0 Å². The van der Waals surface area contributed by atoms with Crippen molar-refractivity contribution in [2.75, 3.05) is 0 Å². The van der Waals surface area contributed by atoms with Crippen molar-refractivity contribution in [2.45, 2.75) is 66.0 Å². The summed E-state index contributed by atoms with van der Waals surface area (Å²) in [6.07, 6.45) is 5.21. The highest BCUT2D eigenvalue weighted by Gasteiger charge is 2.27. The summed E-state index contributed by atoms with van der Waals surface area (Å²) in [6.45, 7) is 10.3. The van der Waals surface area contributed by atoms with E-state index in [1.807, 2.05) is 32.9 Å². The number of aryl methyl sites for hydroxylation is 1. The maximum absolute atomic E-state index is 5.65. The number of nitrogens with two attached hydrogens (primary N) is 1. The fraction of sp³-hybridized carbons (Fsp3) is 0.667. The van der Waals surface area contributed by atoms with E-state index in [1.54, 1.807) is 6.20 Å². The van der Waals surface area contributed by atoms with Gasteiger partial charge in [-0.3, -0.25) is 0 Å². The maximum atomic E-state index is 5.65. The number of pyridine rings is 1. The van der Waals surface area contributed by atoms with Crippen LogP contribution in [0.4, 0.5) is 0 Å². The van der Waals surface area contributed by atoms with Crippen molar-refractivity contribution in [2.24, 2.45) is 5.73 Å². The molecule has 0 saturated heterocycles. The normalized spacial score (nSPS) is 20.6. The predicted molar refractivity (Wildman–Crippen MR) is 77.9 cm³/mol. The van der Waals surface area contributed by atoms with E-state index in [0.717, 1.165) is 18.7 Å². The third kappa shape index (κ3) is 6.60. The highest BCUT2D eigenvalue weighted by Crippen LogP contribution is 2.23. The zero-order valence-electron chi connectivity index (χ0n) is 12.4. The summed E-state index contributed by atoms with van der Waals surface area (Å²) < 4.78 is 5.61. The van der Waals surface area contributed by atoms with E-state index in [1.165, 1.54) is 12.0 Å². The Morgan fingerprint density at radius 1 is 1.33 bits per heavy atom. The summed E-state index contributed by atoms with van der Waals surface area (Å²) in [5, 5.41) is 0. The first-order chi connectivity index (χ1) is 8.65. The summed E-state index contributed by atoms with van der Waals surface area (Å²) in [4.78, 5) is 4.12. The van der Waals surface area contributed by atoms with Crippen molar-refractivity contribution in [1.82, 2.24) is 4.98 Å². The van der Waals surface area contributed by atoms with Crippen LogP contribution in [0.15, 0.2) is 18.3 Å². The maximum Gasteiger partial charge on any atom is 0.213 e. The second kappa shape index (κ2) is 9.89. The Labute approximate surface area is 112 Å². The Bertz CT molecular complexity index is 309. The third-order valence-electron chi connectivity index (χ3n) is 2.31. The first kappa shape index (κ1) is 16.9. The van der Waals surface area contributed by atoms with Crippen LogP contribution in [0.5, 0.6) is 5.88 Å². The number of rotatable bonds is 2. The lowest BCUT2D eigenvalue weighted by Gasteiger charge is -2.32. The first-order valence-corrected chi connectivity index (χ1v) is 7.00. The smallest absolute Gasteiger partial charge is 0.213 e. The number of aromatic nitrogens is 1. The van der Waals surface area contributed by atoms with Gasteiger partial charge in [0.2, 0.25) is 5.88 Å². The molecule has 1 aliphatic rings. The third-order valence-corrected chi connectivity index (χ3v) is 2.31. The number of hydrogen-bond donors (Lipinski definition) is 1. The largest absolute Gasteiger partial charge is 0.474 e. The zero-order valence-corrected chi connectivity index (χ0v) is 12.4. The van der Waals surface area contributed by atoms with E-state index >= 15 is 0 Å². The monoisotopic (exact) mass is 252 g/mol. The van der Waals surface area contributed by atoms with Gasteiger partial charge in [-0.1, -0.05) is 34.1 Å². The molecule has 0 unspecified atom stereocenters. The average Bonchev–Trinajstić information content (AvgIpc) is 2.31. The van der Waals surface area contributed by atoms with Gasteiger partial charge in [-0.15, -0.1) is 0 Å². The molecule has 1 aromatic rings.